The van der Waals surface area contributed by atoms with Gasteiger partial charge in [-0.3, -0.25) is 4.79 Å². The monoisotopic (exact) mass is 402 g/mol. The van der Waals surface area contributed by atoms with Crippen molar-refractivity contribution in [1.82, 2.24) is 19.8 Å². The van der Waals surface area contributed by atoms with Crippen LogP contribution in [0.4, 0.5) is 10.1 Å². The van der Waals surface area contributed by atoms with Gasteiger partial charge in [0.15, 0.2) is 0 Å². The van der Waals surface area contributed by atoms with Crippen LogP contribution in [0.15, 0.2) is 47.2 Å². The molecule has 0 spiro atoms. The zero-order valence-electron chi connectivity index (χ0n) is 15.8. The SMILES string of the molecule is Cc1ccc(-c2noc([C@H]3C[C@@H]3F)n2)cc1NC(=O)c1cnn2ccc(C#N)cc12. The standard InChI is InChI=1S/C21H15FN6O2/c1-11-2-3-13(19-26-21(30-27-19)14-8-16(14)22)7-17(11)25-20(29)15-10-24-28-5-4-12(9-23)6-18(15)28/h2-7,10,14,16H,8H2,1H3,(H,25,29)/t14-,16-/m0/s1. The molecule has 1 fully saturated rings. The van der Waals surface area contributed by atoms with E-state index in [4.69, 9.17) is 9.78 Å². The zero-order valence-corrected chi connectivity index (χ0v) is 15.8. The molecule has 4 aromatic rings. The molecular weight excluding hydrogens is 387 g/mol. The Morgan fingerprint density at radius 1 is 1.37 bits per heavy atom. The summed E-state index contributed by atoms with van der Waals surface area (Å²) in [4.78, 5) is 17.2. The topological polar surface area (TPSA) is 109 Å². The molecule has 148 valence electrons. The van der Waals surface area contributed by atoms with Gasteiger partial charge in [0, 0.05) is 17.4 Å². The van der Waals surface area contributed by atoms with Crippen molar-refractivity contribution >= 4 is 17.1 Å². The second-order valence-electron chi connectivity index (χ2n) is 7.21. The van der Waals surface area contributed by atoms with Gasteiger partial charge in [0.05, 0.1) is 34.8 Å². The molecule has 8 nitrogen and oxygen atoms in total. The summed E-state index contributed by atoms with van der Waals surface area (Å²) in [5, 5.41) is 20.1. The Balaban J connectivity index is 1.43. The van der Waals surface area contributed by atoms with Gasteiger partial charge in [-0.05, 0) is 37.1 Å². The highest BCUT2D eigenvalue weighted by atomic mass is 19.1. The Labute approximate surface area is 169 Å². The number of nitrogens with one attached hydrogen (secondary N) is 1. The number of halogens is 1. The van der Waals surface area contributed by atoms with E-state index in [1.807, 2.05) is 19.1 Å². The number of aryl methyl sites for hydroxylation is 1. The van der Waals surface area contributed by atoms with Crippen molar-refractivity contribution in [3.63, 3.8) is 0 Å². The van der Waals surface area contributed by atoms with E-state index in [1.165, 1.54) is 10.7 Å². The van der Waals surface area contributed by atoms with Crippen molar-refractivity contribution < 1.29 is 13.7 Å². The van der Waals surface area contributed by atoms with Gasteiger partial charge in [-0.1, -0.05) is 17.3 Å². The van der Waals surface area contributed by atoms with E-state index >= 15 is 0 Å². The van der Waals surface area contributed by atoms with E-state index in [-0.39, 0.29) is 11.8 Å². The first-order valence-corrected chi connectivity index (χ1v) is 9.31. The van der Waals surface area contributed by atoms with E-state index in [0.29, 0.717) is 46.0 Å². The highest BCUT2D eigenvalue weighted by Gasteiger charge is 2.43. The fraction of sp³-hybridized carbons (Fsp3) is 0.190. The fourth-order valence-corrected chi connectivity index (χ4v) is 3.23. The predicted octanol–water partition coefficient (Wildman–Crippen LogP) is 3.64. The second-order valence-corrected chi connectivity index (χ2v) is 7.21. The van der Waals surface area contributed by atoms with E-state index < -0.39 is 6.17 Å². The van der Waals surface area contributed by atoms with Crippen LogP contribution in [0.1, 0.15) is 39.7 Å². The van der Waals surface area contributed by atoms with Crippen LogP contribution < -0.4 is 5.32 Å². The van der Waals surface area contributed by atoms with E-state index in [2.05, 4.69) is 26.6 Å². The molecule has 0 bridgehead atoms. The molecule has 1 N–H and O–H groups in total. The lowest BCUT2D eigenvalue weighted by molar-refractivity contribution is 0.102. The van der Waals surface area contributed by atoms with Crippen molar-refractivity contribution in [3.05, 3.63) is 65.3 Å². The lowest BCUT2D eigenvalue weighted by Gasteiger charge is -2.09. The normalized spacial score (nSPS) is 17.6. The molecule has 1 amide bonds. The Morgan fingerprint density at radius 2 is 2.20 bits per heavy atom. The molecule has 9 heteroatoms. The van der Waals surface area contributed by atoms with Crippen molar-refractivity contribution in [2.75, 3.05) is 5.32 Å². The number of nitrogens with zero attached hydrogens (tertiary/aromatic N) is 5. The van der Waals surface area contributed by atoms with Gasteiger partial charge < -0.3 is 9.84 Å². The number of nitriles is 1. The molecule has 3 heterocycles. The Kier molecular flexibility index (Phi) is 4.06. The number of carbonyl (C=O) groups is 1. The summed E-state index contributed by atoms with van der Waals surface area (Å²) in [7, 11) is 0. The average Bonchev–Trinajstić information content (AvgIpc) is 3.15. The summed E-state index contributed by atoms with van der Waals surface area (Å²) in [6.07, 6.45) is 2.58. The minimum atomic E-state index is -0.918. The van der Waals surface area contributed by atoms with Gasteiger partial charge in [-0.25, -0.2) is 8.91 Å². The van der Waals surface area contributed by atoms with Crippen LogP contribution in [-0.4, -0.2) is 31.8 Å². The van der Waals surface area contributed by atoms with Crippen LogP contribution in [0.5, 0.6) is 0 Å². The average molecular weight is 402 g/mol. The Bertz CT molecular complexity index is 1340. The first-order valence-electron chi connectivity index (χ1n) is 9.31. The summed E-state index contributed by atoms with van der Waals surface area (Å²) in [5.41, 5.74) is 3.39. The quantitative estimate of drug-likeness (QED) is 0.558. The van der Waals surface area contributed by atoms with Gasteiger partial charge in [0.2, 0.25) is 11.7 Å². The molecule has 0 unspecified atom stereocenters. The van der Waals surface area contributed by atoms with Crippen LogP contribution in [0, 0.1) is 18.3 Å². The number of fused-ring (bicyclic) bond motifs is 1. The van der Waals surface area contributed by atoms with Crippen LogP contribution >= 0.6 is 0 Å². The third-order valence-electron chi connectivity index (χ3n) is 5.11. The van der Waals surface area contributed by atoms with Gasteiger partial charge >= 0.3 is 0 Å². The first-order chi connectivity index (χ1) is 14.5. The molecule has 30 heavy (non-hydrogen) atoms. The Hall–Kier alpha value is -4.06. The third kappa shape index (κ3) is 3.08. The molecule has 0 radical (unpaired) electrons. The maximum absolute atomic E-state index is 13.2. The maximum atomic E-state index is 13.2. The maximum Gasteiger partial charge on any atom is 0.259 e. The minimum absolute atomic E-state index is 0.295. The van der Waals surface area contributed by atoms with Gasteiger partial charge in [-0.2, -0.15) is 15.3 Å². The number of carbonyl (C=O) groups excluding carboxylic acids is 1. The smallest absolute Gasteiger partial charge is 0.259 e. The molecule has 1 saturated carbocycles. The van der Waals surface area contributed by atoms with Crippen LogP contribution in [-0.2, 0) is 0 Å². The second kappa shape index (κ2) is 6.77. The number of hydrogen-bond acceptors (Lipinski definition) is 6. The summed E-state index contributed by atoms with van der Waals surface area (Å²) in [5.74, 6) is -0.0326. The first kappa shape index (κ1) is 18.0. The number of hydrogen-bond donors (Lipinski definition) is 1. The number of benzene rings is 1. The zero-order chi connectivity index (χ0) is 20.8. The number of alkyl halides is 1. The molecular formula is C21H15FN6O2. The molecule has 0 saturated heterocycles. The highest BCUT2D eigenvalue weighted by Crippen LogP contribution is 2.43. The number of anilines is 1. The lowest BCUT2D eigenvalue weighted by Crippen LogP contribution is -2.12. The third-order valence-corrected chi connectivity index (χ3v) is 5.11. The van der Waals surface area contributed by atoms with Crippen LogP contribution in [0.2, 0.25) is 0 Å². The number of aromatic nitrogens is 4. The highest BCUT2D eigenvalue weighted by molar-refractivity contribution is 6.09. The van der Waals surface area contributed by atoms with Crippen LogP contribution in [0.3, 0.4) is 0 Å². The van der Waals surface area contributed by atoms with Gasteiger partial charge in [0.1, 0.15) is 6.17 Å². The molecule has 1 aliphatic carbocycles. The number of pyridine rings is 1. The minimum Gasteiger partial charge on any atom is -0.339 e. The molecule has 3 aromatic heterocycles. The largest absolute Gasteiger partial charge is 0.339 e. The summed E-state index contributed by atoms with van der Waals surface area (Å²) in [6, 6.07) is 10.7. The van der Waals surface area contributed by atoms with E-state index in [0.717, 1.165) is 5.56 Å². The molecule has 2 atom stereocenters. The predicted molar refractivity (Wildman–Crippen MR) is 105 cm³/mol. The van der Waals surface area contributed by atoms with Gasteiger partial charge in [-0.15, -0.1) is 0 Å². The van der Waals surface area contributed by atoms with E-state index in [9.17, 15) is 9.18 Å². The lowest BCUT2D eigenvalue weighted by atomic mass is 10.1. The molecule has 0 aliphatic heterocycles. The van der Waals surface area contributed by atoms with Crippen molar-refractivity contribution in [3.8, 4) is 17.5 Å². The fourth-order valence-electron chi connectivity index (χ4n) is 3.23. The molecule has 5 rings (SSSR count). The summed E-state index contributed by atoms with van der Waals surface area (Å²) >= 11 is 0. The molecule has 1 aromatic carbocycles. The van der Waals surface area contributed by atoms with Crippen molar-refractivity contribution in [2.45, 2.75) is 25.4 Å². The van der Waals surface area contributed by atoms with Crippen molar-refractivity contribution in [1.29, 1.82) is 5.26 Å². The molecule has 1 aliphatic rings. The number of amides is 1. The van der Waals surface area contributed by atoms with Gasteiger partial charge in [0.25, 0.3) is 5.91 Å². The van der Waals surface area contributed by atoms with E-state index in [1.54, 1.807) is 24.4 Å². The summed E-state index contributed by atoms with van der Waals surface area (Å²) < 4.78 is 19.9. The summed E-state index contributed by atoms with van der Waals surface area (Å²) in [6.45, 7) is 1.86. The van der Waals surface area contributed by atoms with Crippen molar-refractivity contribution in [2.24, 2.45) is 0 Å². The number of rotatable bonds is 4. The Morgan fingerprint density at radius 3 is 2.97 bits per heavy atom. The van der Waals surface area contributed by atoms with Crippen LogP contribution in [0.25, 0.3) is 16.9 Å².